The van der Waals surface area contributed by atoms with E-state index in [1.54, 1.807) is 31.7 Å². The number of fused-ring (bicyclic) bond motifs is 3. The van der Waals surface area contributed by atoms with Gasteiger partial charge >= 0.3 is 12.2 Å². The van der Waals surface area contributed by atoms with Gasteiger partial charge in [0.25, 0.3) is 0 Å². The van der Waals surface area contributed by atoms with Crippen LogP contribution in [-0.2, 0) is 22.4 Å². The summed E-state index contributed by atoms with van der Waals surface area (Å²) < 4.78 is 12.5. The number of amides is 1. The highest BCUT2D eigenvalue weighted by Gasteiger charge is 2.33. The Hall–Kier alpha value is -2.35. The summed E-state index contributed by atoms with van der Waals surface area (Å²) in [6.45, 7) is 11.6. The number of hydrogen-bond donors (Lipinski definition) is 0. The van der Waals surface area contributed by atoms with Gasteiger partial charge in [0.2, 0.25) is 0 Å². The minimum Gasteiger partial charge on any atom is -0.444 e. The third kappa shape index (κ3) is 4.22. The van der Waals surface area contributed by atoms with Crippen molar-refractivity contribution in [3.05, 3.63) is 22.5 Å². The van der Waals surface area contributed by atoms with Gasteiger partial charge in [-0.3, -0.25) is 0 Å². The quantitative estimate of drug-likeness (QED) is 0.650. The topological polar surface area (TPSA) is 86.5 Å². The van der Waals surface area contributed by atoms with Gasteiger partial charge in [-0.1, -0.05) is 11.6 Å². The monoisotopic (exact) mass is 408 g/mol. The van der Waals surface area contributed by atoms with Crippen molar-refractivity contribution in [1.29, 1.82) is 0 Å². The summed E-state index contributed by atoms with van der Waals surface area (Å²) in [4.78, 5) is 26.9. The molecule has 2 aromatic heterocycles. The molecule has 0 aliphatic carbocycles. The van der Waals surface area contributed by atoms with Crippen LogP contribution in [0, 0.1) is 0 Å². The van der Waals surface area contributed by atoms with Crippen molar-refractivity contribution in [2.75, 3.05) is 6.54 Å². The van der Waals surface area contributed by atoms with Gasteiger partial charge in [-0.05, 0) is 47.6 Å². The third-order valence-corrected chi connectivity index (χ3v) is 4.28. The first kappa shape index (κ1) is 20.4. The van der Waals surface area contributed by atoms with Gasteiger partial charge in [-0.25, -0.2) is 14.2 Å². The van der Waals surface area contributed by atoms with Gasteiger partial charge in [0.1, 0.15) is 11.2 Å². The fourth-order valence-electron chi connectivity index (χ4n) is 3.10. The first-order chi connectivity index (χ1) is 12.9. The Morgan fingerprint density at radius 2 is 1.64 bits per heavy atom. The smallest absolute Gasteiger partial charge is 0.420 e. The predicted octanol–water partition coefficient (Wildman–Crippen LogP) is 4.16. The molecule has 8 nitrogen and oxygen atoms in total. The second-order valence-electron chi connectivity index (χ2n) is 8.80. The molecule has 28 heavy (non-hydrogen) atoms. The van der Waals surface area contributed by atoms with Gasteiger partial charge in [-0.15, -0.1) is 10.2 Å². The minimum atomic E-state index is -0.655. The first-order valence-electron chi connectivity index (χ1n) is 9.12. The van der Waals surface area contributed by atoms with Crippen molar-refractivity contribution in [2.24, 2.45) is 0 Å². The lowest BCUT2D eigenvalue weighted by Gasteiger charge is -2.30. The average molecular weight is 409 g/mol. The number of hydrogen-bond acceptors (Lipinski definition) is 6. The summed E-state index contributed by atoms with van der Waals surface area (Å²) in [7, 11) is 0. The van der Waals surface area contributed by atoms with Crippen LogP contribution in [0.1, 0.15) is 52.8 Å². The zero-order chi connectivity index (χ0) is 20.9. The molecular weight excluding hydrogens is 384 g/mol. The molecule has 1 aliphatic rings. The SMILES string of the molecule is CC(C)(C)OC(=O)N1CCc2c(c3cc(Cl)nnc3n2C(=O)OC(C)(C)C)C1. The van der Waals surface area contributed by atoms with E-state index in [9.17, 15) is 9.59 Å². The molecule has 2 aromatic rings. The molecule has 3 heterocycles. The van der Waals surface area contributed by atoms with Crippen LogP contribution < -0.4 is 0 Å². The average Bonchev–Trinajstić information content (AvgIpc) is 2.84. The Bertz CT molecular complexity index is 940. The molecule has 1 amide bonds. The van der Waals surface area contributed by atoms with E-state index in [2.05, 4.69) is 10.2 Å². The van der Waals surface area contributed by atoms with Crippen molar-refractivity contribution in [3.63, 3.8) is 0 Å². The Kier molecular flexibility index (Phi) is 5.04. The number of carbonyl (C=O) groups excluding carboxylic acids is 2. The van der Waals surface area contributed by atoms with Crippen LogP contribution in [0.5, 0.6) is 0 Å². The van der Waals surface area contributed by atoms with Crippen LogP contribution in [0.4, 0.5) is 9.59 Å². The minimum absolute atomic E-state index is 0.214. The maximum atomic E-state index is 12.8. The lowest BCUT2D eigenvalue weighted by Crippen LogP contribution is -2.40. The van der Waals surface area contributed by atoms with Crippen LogP contribution in [0.2, 0.25) is 5.15 Å². The van der Waals surface area contributed by atoms with E-state index in [1.807, 2.05) is 20.8 Å². The Balaban J connectivity index is 2.04. The van der Waals surface area contributed by atoms with E-state index in [-0.39, 0.29) is 5.15 Å². The first-order valence-corrected chi connectivity index (χ1v) is 9.50. The number of ether oxygens (including phenoxy) is 2. The van der Waals surface area contributed by atoms with Crippen molar-refractivity contribution >= 4 is 34.8 Å². The highest BCUT2D eigenvalue weighted by Crippen LogP contribution is 2.32. The Morgan fingerprint density at radius 1 is 1.04 bits per heavy atom. The molecule has 0 saturated carbocycles. The molecular formula is C19H25ClN4O4. The number of halogens is 1. The summed E-state index contributed by atoms with van der Waals surface area (Å²) in [6.07, 6.45) is -0.465. The summed E-state index contributed by atoms with van der Waals surface area (Å²) in [5, 5.41) is 8.88. The highest BCUT2D eigenvalue weighted by atomic mass is 35.5. The van der Waals surface area contributed by atoms with E-state index in [1.165, 1.54) is 4.57 Å². The number of rotatable bonds is 0. The van der Waals surface area contributed by atoms with Crippen LogP contribution in [0.3, 0.4) is 0 Å². The number of nitrogens with zero attached hydrogens (tertiary/aromatic N) is 4. The number of carbonyl (C=O) groups is 2. The van der Waals surface area contributed by atoms with Gasteiger partial charge in [0.05, 0.1) is 6.54 Å². The van der Waals surface area contributed by atoms with Crippen LogP contribution in [0.25, 0.3) is 11.0 Å². The fourth-order valence-corrected chi connectivity index (χ4v) is 3.25. The molecule has 3 rings (SSSR count). The van der Waals surface area contributed by atoms with Crippen LogP contribution in [0.15, 0.2) is 6.07 Å². The van der Waals surface area contributed by atoms with E-state index >= 15 is 0 Å². The van der Waals surface area contributed by atoms with E-state index in [0.29, 0.717) is 30.5 Å². The molecule has 0 N–H and O–H groups in total. The highest BCUT2D eigenvalue weighted by molar-refractivity contribution is 6.30. The fraction of sp³-hybridized carbons (Fsp3) is 0.579. The number of aromatic nitrogens is 3. The van der Waals surface area contributed by atoms with Crippen molar-refractivity contribution in [3.8, 4) is 0 Å². The molecule has 0 aromatic carbocycles. The Labute approximate surface area is 168 Å². The van der Waals surface area contributed by atoms with Crippen molar-refractivity contribution < 1.29 is 19.1 Å². The largest absolute Gasteiger partial charge is 0.444 e. The van der Waals surface area contributed by atoms with Gasteiger partial charge < -0.3 is 14.4 Å². The Morgan fingerprint density at radius 3 is 2.25 bits per heavy atom. The molecule has 0 atom stereocenters. The summed E-state index contributed by atoms with van der Waals surface area (Å²) in [5.41, 5.74) is 0.680. The van der Waals surface area contributed by atoms with E-state index in [0.717, 1.165) is 11.3 Å². The van der Waals surface area contributed by atoms with Gasteiger partial charge in [0.15, 0.2) is 10.8 Å². The van der Waals surface area contributed by atoms with E-state index in [4.69, 9.17) is 21.1 Å². The lowest BCUT2D eigenvalue weighted by molar-refractivity contribution is 0.0223. The normalized spacial score (nSPS) is 14.8. The zero-order valence-electron chi connectivity index (χ0n) is 17.0. The second-order valence-corrected chi connectivity index (χ2v) is 9.18. The standard InChI is InChI=1S/C19H25ClN4O4/c1-18(2,3)27-16(25)23-8-7-13-12(10-23)11-9-14(20)21-22-15(11)24(13)17(26)28-19(4,5)6/h9H,7-8,10H2,1-6H3. The summed E-state index contributed by atoms with van der Waals surface area (Å²) >= 11 is 6.04. The summed E-state index contributed by atoms with van der Waals surface area (Å²) in [5.74, 6) is 0. The molecule has 0 unspecified atom stereocenters. The molecule has 152 valence electrons. The second kappa shape index (κ2) is 6.92. The molecule has 9 heteroatoms. The van der Waals surface area contributed by atoms with Gasteiger partial charge in [-0.2, -0.15) is 0 Å². The lowest BCUT2D eigenvalue weighted by atomic mass is 10.1. The molecule has 1 aliphatic heterocycles. The molecule has 0 radical (unpaired) electrons. The zero-order valence-corrected chi connectivity index (χ0v) is 17.8. The van der Waals surface area contributed by atoms with Crippen molar-refractivity contribution in [1.82, 2.24) is 19.7 Å². The molecule has 0 fully saturated rings. The summed E-state index contributed by atoms with van der Waals surface area (Å²) in [6, 6.07) is 1.65. The predicted molar refractivity (Wildman–Crippen MR) is 105 cm³/mol. The third-order valence-electron chi connectivity index (χ3n) is 4.10. The maximum Gasteiger partial charge on any atom is 0.420 e. The molecule has 0 saturated heterocycles. The maximum absolute atomic E-state index is 12.8. The molecule has 0 bridgehead atoms. The van der Waals surface area contributed by atoms with Gasteiger partial charge in [0, 0.05) is 29.6 Å². The molecule has 0 spiro atoms. The van der Waals surface area contributed by atoms with Crippen LogP contribution in [-0.4, -0.2) is 49.6 Å². The van der Waals surface area contributed by atoms with Crippen molar-refractivity contribution in [2.45, 2.75) is 65.7 Å². The van der Waals surface area contributed by atoms with E-state index < -0.39 is 23.4 Å². The van der Waals surface area contributed by atoms with Crippen LogP contribution >= 0.6 is 11.6 Å².